The molecule has 24 heavy (non-hydrogen) atoms. The van der Waals surface area contributed by atoms with E-state index >= 15 is 0 Å². The van der Waals surface area contributed by atoms with Gasteiger partial charge in [0.15, 0.2) is 5.82 Å². The van der Waals surface area contributed by atoms with Crippen LogP contribution < -0.4 is 0 Å². The molecule has 0 spiro atoms. The topological polar surface area (TPSA) is 85.3 Å². The number of nitrogens with zero attached hydrogens (tertiary/aromatic N) is 4. The van der Waals surface area contributed by atoms with Crippen molar-refractivity contribution in [2.45, 2.75) is 64.8 Å². The monoisotopic (exact) mass is 332 g/mol. The highest BCUT2D eigenvalue weighted by Gasteiger charge is 2.32. The lowest BCUT2D eigenvalue weighted by Crippen LogP contribution is -2.30. The third-order valence-corrected chi connectivity index (χ3v) is 4.25. The summed E-state index contributed by atoms with van der Waals surface area (Å²) in [4.78, 5) is 18.9. The maximum absolute atomic E-state index is 12.6. The molecule has 0 saturated carbocycles. The minimum atomic E-state index is -0.156. The first-order valence-corrected chi connectivity index (χ1v) is 8.40. The molecule has 3 rings (SSSR count). The second kappa shape index (κ2) is 6.37. The Labute approximate surface area is 141 Å². The Morgan fingerprint density at radius 2 is 2.12 bits per heavy atom. The zero-order valence-corrected chi connectivity index (χ0v) is 14.7. The average molecular weight is 332 g/mol. The van der Waals surface area contributed by atoms with Crippen LogP contribution in [0.1, 0.15) is 69.2 Å². The van der Waals surface area contributed by atoms with Gasteiger partial charge in [0.2, 0.25) is 11.8 Å². The van der Waals surface area contributed by atoms with Crippen LogP contribution >= 0.6 is 0 Å². The van der Waals surface area contributed by atoms with Crippen LogP contribution in [0.25, 0.3) is 0 Å². The fourth-order valence-corrected chi connectivity index (χ4v) is 2.93. The van der Waals surface area contributed by atoms with E-state index in [1.807, 2.05) is 38.7 Å². The summed E-state index contributed by atoms with van der Waals surface area (Å²) in [6.45, 7) is 8.71. The molecular formula is C17H24N4O3. The van der Waals surface area contributed by atoms with Crippen molar-refractivity contribution in [1.29, 1.82) is 0 Å². The van der Waals surface area contributed by atoms with E-state index in [9.17, 15) is 4.79 Å². The minimum Gasteiger partial charge on any atom is -0.361 e. The highest BCUT2D eigenvalue weighted by Crippen LogP contribution is 2.32. The summed E-state index contributed by atoms with van der Waals surface area (Å²) in [5, 5.41) is 8.06. The van der Waals surface area contributed by atoms with Gasteiger partial charge in [0.1, 0.15) is 11.5 Å². The van der Waals surface area contributed by atoms with Crippen LogP contribution in [0, 0.1) is 6.92 Å². The SMILES string of the molecule is Cc1cc([C@H]2CCCN2C(=O)CCc2nc(C(C)(C)C)no2)no1. The Kier molecular flexibility index (Phi) is 4.43. The van der Waals surface area contributed by atoms with Gasteiger partial charge in [-0.05, 0) is 19.8 Å². The highest BCUT2D eigenvalue weighted by molar-refractivity contribution is 5.77. The van der Waals surface area contributed by atoms with E-state index in [2.05, 4.69) is 15.3 Å². The molecule has 1 aliphatic heterocycles. The molecule has 0 aliphatic carbocycles. The maximum atomic E-state index is 12.6. The molecule has 3 heterocycles. The van der Waals surface area contributed by atoms with Crippen LogP contribution in [0.4, 0.5) is 0 Å². The van der Waals surface area contributed by atoms with Crippen molar-refractivity contribution in [1.82, 2.24) is 20.2 Å². The van der Waals surface area contributed by atoms with Gasteiger partial charge >= 0.3 is 0 Å². The molecular weight excluding hydrogens is 308 g/mol. The van der Waals surface area contributed by atoms with Gasteiger partial charge in [-0.25, -0.2) is 0 Å². The van der Waals surface area contributed by atoms with Gasteiger partial charge in [-0.3, -0.25) is 4.79 Å². The fourth-order valence-electron chi connectivity index (χ4n) is 2.93. The van der Waals surface area contributed by atoms with Gasteiger partial charge in [-0.15, -0.1) is 0 Å². The molecule has 130 valence electrons. The van der Waals surface area contributed by atoms with E-state index in [4.69, 9.17) is 9.05 Å². The van der Waals surface area contributed by atoms with Crippen molar-refractivity contribution in [3.05, 3.63) is 29.2 Å². The number of hydrogen-bond acceptors (Lipinski definition) is 6. The third kappa shape index (κ3) is 3.49. The van der Waals surface area contributed by atoms with Gasteiger partial charge in [-0.1, -0.05) is 31.1 Å². The van der Waals surface area contributed by atoms with Gasteiger partial charge in [0, 0.05) is 30.9 Å². The molecule has 0 radical (unpaired) electrons. The molecule has 1 amide bonds. The molecule has 0 unspecified atom stereocenters. The molecule has 1 saturated heterocycles. The number of aryl methyl sites for hydroxylation is 2. The molecule has 0 N–H and O–H groups in total. The number of amides is 1. The molecule has 7 heteroatoms. The number of rotatable bonds is 4. The van der Waals surface area contributed by atoms with Crippen LogP contribution in [0.5, 0.6) is 0 Å². The van der Waals surface area contributed by atoms with E-state index < -0.39 is 0 Å². The number of hydrogen-bond donors (Lipinski definition) is 0. The van der Waals surface area contributed by atoms with Crippen molar-refractivity contribution in [3.63, 3.8) is 0 Å². The third-order valence-electron chi connectivity index (χ3n) is 4.25. The van der Waals surface area contributed by atoms with Crippen molar-refractivity contribution in [3.8, 4) is 0 Å². The van der Waals surface area contributed by atoms with Gasteiger partial charge in [0.25, 0.3) is 0 Å². The number of carbonyl (C=O) groups is 1. The van der Waals surface area contributed by atoms with Crippen LogP contribution in [-0.4, -0.2) is 32.6 Å². The minimum absolute atomic E-state index is 0.0165. The zero-order chi connectivity index (χ0) is 17.3. The molecule has 2 aromatic heterocycles. The highest BCUT2D eigenvalue weighted by atomic mass is 16.5. The Hall–Kier alpha value is -2.18. The van der Waals surface area contributed by atoms with Crippen molar-refractivity contribution >= 4 is 5.91 Å². The Morgan fingerprint density at radius 1 is 1.33 bits per heavy atom. The normalized spacial score (nSPS) is 18.3. The number of aromatic nitrogens is 3. The van der Waals surface area contributed by atoms with Gasteiger partial charge in [-0.2, -0.15) is 4.98 Å². The van der Waals surface area contributed by atoms with Crippen molar-refractivity contribution in [2.75, 3.05) is 6.54 Å². The van der Waals surface area contributed by atoms with Crippen LogP contribution in [0.15, 0.2) is 15.1 Å². The molecule has 1 atom stereocenters. The molecule has 2 aromatic rings. The van der Waals surface area contributed by atoms with Gasteiger partial charge < -0.3 is 13.9 Å². The van der Waals surface area contributed by atoms with Crippen LogP contribution in [-0.2, 0) is 16.6 Å². The maximum Gasteiger partial charge on any atom is 0.227 e. The smallest absolute Gasteiger partial charge is 0.227 e. The number of likely N-dealkylation sites (tertiary alicyclic amines) is 1. The summed E-state index contributed by atoms with van der Waals surface area (Å²) < 4.78 is 10.4. The first-order chi connectivity index (χ1) is 11.3. The van der Waals surface area contributed by atoms with Crippen LogP contribution in [0.3, 0.4) is 0 Å². The summed E-state index contributed by atoms with van der Waals surface area (Å²) >= 11 is 0. The molecule has 7 nitrogen and oxygen atoms in total. The van der Waals surface area contributed by atoms with Gasteiger partial charge in [0.05, 0.1) is 6.04 Å². The first-order valence-electron chi connectivity index (χ1n) is 8.40. The Balaban J connectivity index is 1.61. The predicted octanol–water partition coefficient (Wildman–Crippen LogP) is 2.96. The largest absolute Gasteiger partial charge is 0.361 e. The Morgan fingerprint density at radius 3 is 2.75 bits per heavy atom. The van der Waals surface area contributed by atoms with E-state index in [0.717, 1.165) is 30.8 Å². The standard InChI is InChI=1S/C17H24N4O3/c1-11-10-12(19-23-11)13-6-5-9-21(13)15(22)8-7-14-18-16(20-24-14)17(2,3)4/h10,13H,5-9H2,1-4H3/t13-/m1/s1. The van der Waals surface area contributed by atoms with E-state index in [1.54, 1.807) is 0 Å². The fraction of sp³-hybridized carbons (Fsp3) is 0.647. The summed E-state index contributed by atoms with van der Waals surface area (Å²) in [7, 11) is 0. The second-order valence-electron chi connectivity index (χ2n) is 7.37. The molecule has 1 fully saturated rings. The summed E-state index contributed by atoms with van der Waals surface area (Å²) in [6.07, 6.45) is 2.73. The molecule has 0 bridgehead atoms. The average Bonchev–Trinajstić information content (AvgIpc) is 3.23. The zero-order valence-electron chi connectivity index (χ0n) is 14.7. The lowest BCUT2D eigenvalue weighted by Gasteiger charge is -2.22. The predicted molar refractivity (Wildman–Crippen MR) is 86.2 cm³/mol. The second-order valence-corrected chi connectivity index (χ2v) is 7.37. The van der Waals surface area contributed by atoms with E-state index in [0.29, 0.717) is 24.6 Å². The van der Waals surface area contributed by atoms with Crippen LogP contribution in [0.2, 0.25) is 0 Å². The van der Waals surface area contributed by atoms with E-state index in [1.165, 1.54) is 0 Å². The summed E-state index contributed by atoms with van der Waals surface area (Å²) in [6, 6.07) is 1.92. The summed E-state index contributed by atoms with van der Waals surface area (Å²) in [5.74, 6) is 2.04. The van der Waals surface area contributed by atoms with Crippen molar-refractivity contribution < 1.29 is 13.8 Å². The quantitative estimate of drug-likeness (QED) is 0.855. The summed E-state index contributed by atoms with van der Waals surface area (Å²) in [5.41, 5.74) is 0.683. The number of carbonyl (C=O) groups excluding carboxylic acids is 1. The van der Waals surface area contributed by atoms with E-state index in [-0.39, 0.29) is 17.4 Å². The lowest BCUT2D eigenvalue weighted by atomic mass is 9.96. The lowest BCUT2D eigenvalue weighted by molar-refractivity contribution is -0.132. The first kappa shape index (κ1) is 16.7. The molecule has 1 aliphatic rings. The molecule has 0 aromatic carbocycles. The Bertz CT molecular complexity index is 713. The van der Waals surface area contributed by atoms with Crippen molar-refractivity contribution in [2.24, 2.45) is 0 Å².